The second-order valence-electron chi connectivity index (χ2n) is 18.2. The number of pyridine rings is 1. The molecule has 0 saturated heterocycles. The molecule has 6 heteroatoms. The molecule has 59 heavy (non-hydrogen) atoms. The fraction of sp³-hybridized carbons (Fsp3) is 0.208. The van der Waals surface area contributed by atoms with Gasteiger partial charge in [-0.15, -0.1) is 53.6 Å². The fourth-order valence-corrected chi connectivity index (χ4v) is 8.42. The summed E-state index contributed by atoms with van der Waals surface area (Å²) in [6, 6.07) is 55.5. The van der Waals surface area contributed by atoms with E-state index in [0.29, 0.717) is 0 Å². The van der Waals surface area contributed by atoms with Crippen molar-refractivity contribution >= 4 is 46.2 Å². The van der Waals surface area contributed by atoms with E-state index < -0.39 is 8.07 Å². The zero-order valence-corrected chi connectivity index (χ0v) is 38.8. The molecular weight excluding hydrogens is 915 g/mol. The Kier molecular flexibility index (Phi) is 11.6. The molecule has 3 heterocycles. The Morgan fingerprint density at radius 3 is 2.03 bits per heavy atom. The molecule has 0 aliphatic heterocycles. The molecule has 6 aromatic carbocycles. The summed E-state index contributed by atoms with van der Waals surface area (Å²) in [5.74, 6) is 0.816. The Balaban J connectivity index is 0.000000214. The van der Waals surface area contributed by atoms with Gasteiger partial charge in [-0.25, -0.2) is 0 Å². The molecule has 9 rings (SSSR count). The minimum atomic E-state index is -1.26. The second-order valence-corrected chi connectivity index (χ2v) is 23.3. The summed E-state index contributed by atoms with van der Waals surface area (Å²) < 4.78 is 8.69. The number of hydrogen-bond acceptors (Lipinski definition) is 3. The van der Waals surface area contributed by atoms with Crippen LogP contribution in [-0.2, 0) is 30.9 Å². The average Bonchev–Trinajstić information content (AvgIpc) is 3.79. The quantitative estimate of drug-likeness (QED) is 0.128. The molecule has 0 N–H and O–H groups in total. The summed E-state index contributed by atoms with van der Waals surface area (Å²) >= 11 is 0. The first-order chi connectivity index (χ1) is 27.7. The van der Waals surface area contributed by atoms with Gasteiger partial charge in [-0.05, 0) is 63.2 Å². The molecule has 0 unspecified atom stereocenters. The van der Waals surface area contributed by atoms with Crippen LogP contribution in [0, 0.1) is 12.1 Å². The van der Waals surface area contributed by atoms with E-state index >= 15 is 0 Å². The molecule has 0 saturated carbocycles. The number of furan rings is 1. The van der Waals surface area contributed by atoms with E-state index in [4.69, 9.17) is 9.40 Å². The van der Waals surface area contributed by atoms with Gasteiger partial charge in [-0.3, -0.25) is 4.98 Å². The minimum absolute atomic E-state index is 0. The minimum Gasteiger partial charge on any atom is -0.501 e. The van der Waals surface area contributed by atoms with Crippen molar-refractivity contribution in [1.82, 2.24) is 14.5 Å². The maximum Gasteiger partial charge on any atom is 0.120 e. The van der Waals surface area contributed by atoms with Gasteiger partial charge in [0.15, 0.2) is 0 Å². The van der Waals surface area contributed by atoms with Crippen LogP contribution in [0.2, 0.25) is 19.6 Å². The SMILES string of the molecule is CC(C)(C)c1c[c-]c(-c2ccc([Si](C)(C)C)cn2)cc1.CC(C)(C)c1ccc(-n2c(-c3[c-]ccc4c3oc3ccccc34)nc3ccccc32)c(-c2ccccc2)c1.[Ir]. The van der Waals surface area contributed by atoms with Crippen molar-refractivity contribution < 1.29 is 24.5 Å². The van der Waals surface area contributed by atoms with E-state index in [1.807, 2.05) is 36.5 Å². The summed E-state index contributed by atoms with van der Waals surface area (Å²) in [7, 11) is -1.26. The summed E-state index contributed by atoms with van der Waals surface area (Å²) in [5, 5.41) is 3.56. The Morgan fingerprint density at radius 2 is 1.36 bits per heavy atom. The Labute approximate surface area is 363 Å². The predicted octanol–water partition coefficient (Wildman–Crippen LogP) is 13.7. The number of para-hydroxylation sites is 3. The maximum atomic E-state index is 6.42. The number of hydrogen-bond donors (Lipinski definition) is 0. The van der Waals surface area contributed by atoms with Crippen LogP contribution in [0.4, 0.5) is 0 Å². The number of fused-ring (bicyclic) bond motifs is 4. The molecule has 0 atom stereocenters. The molecule has 9 aromatic rings. The Hall–Kier alpha value is -5.39. The molecule has 1 radical (unpaired) electrons. The molecule has 3 aromatic heterocycles. The number of rotatable bonds is 5. The van der Waals surface area contributed by atoms with Crippen LogP contribution in [-0.4, -0.2) is 22.6 Å². The average molecular weight is 966 g/mol. The van der Waals surface area contributed by atoms with Crippen molar-refractivity contribution in [3.63, 3.8) is 0 Å². The maximum absolute atomic E-state index is 6.42. The number of nitrogens with zero attached hydrogens (tertiary/aromatic N) is 3. The fourth-order valence-electron chi connectivity index (χ4n) is 7.39. The van der Waals surface area contributed by atoms with Crippen LogP contribution in [0.3, 0.4) is 0 Å². The van der Waals surface area contributed by atoms with Crippen LogP contribution in [0.25, 0.3) is 72.4 Å². The predicted molar refractivity (Wildman–Crippen MR) is 247 cm³/mol. The Bertz CT molecular complexity index is 2820. The summed E-state index contributed by atoms with van der Waals surface area (Å²) in [5.41, 5.74) is 12.8. The smallest absolute Gasteiger partial charge is 0.120 e. The van der Waals surface area contributed by atoms with Crippen LogP contribution in [0.5, 0.6) is 0 Å². The summed E-state index contributed by atoms with van der Waals surface area (Å²) in [6.07, 6.45) is 2.03. The molecule has 0 aliphatic rings. The van der Waals surface area contributed by atoms with Gasteiger partial charge in [0, 0.05) is 42.9 Å². The van der Waals surface area contributed by atoms with Crippen molar-refractivity contribution in [2.24, 2.45) is 0 Å². The normalized spacial score (nSPS) is 12.0. The number of aromatic nitrogens is 3. The summed E-state index contributed by atoms with van der Waals surface area (Å²) in [6.45, 7) is 20.4. The standard InChI is InChI=1S/C35H27N2O.C18H24NSi.Ir/c1-35(2,3)24-20-21-30(28(22-24)23-12-5-4-6-13-23)37-31-18-9-8-17-29(31)36-34(37)27-16-11-15-26-25-14-7-10-19-32(25)38-33(26)27;1-18(2,3)15-9-7-14(8-10-15)17-12-11-16(13-19-17)20(4,5)6;/h4-15,17-22H,1-3H3;7,9-13H,1-6H3;/q2*-1;. The third kappa shape index (κ3) is 8.54. The molecule has 0 fully saturated rings. The monoisotopic (exact) mass is 966 g/mol. The van der Waals surface area contributed by atoms with Gasteiger partial charge in [0.1, 0.15) is 5.58 Å². The second kappa shape index (κ2) is 16.3. The van der Waals surface area contributed by atoms with Gasteiger partial charge in [-0.1, -0.05) is 151 Å². The van der Waals surface area contributed by atoms with Crippen molar-refractivity contribution in [2.75, 3.05) is 0 Å². The van der Waals surface area contributed by atoms with E-state index in [0.717, 1.165) is 61.3 Å². The van der Waals surface area contributed by atoms with Crippen molar-refractivity contribution in [3.8, 4) is 39.5 Å². The van der Waals surface area contributed by atoms with Gasteiger partial charge in [0.25, 0.3) is 0 Å². The molecule has 0 amide bonds. The first kappa shape index (κ1) is 41.8. The largest absolute Gasteiger partial charge is 0.501 e. The van der Waals surface area contributed by atoms with Gasteiger partial charge < -0.3 is 14.0 Å². The van der Waals surface area contributed by atoms with Crippen molar-refractivity contribution in [3.05, 3.63) is 169 Å². The third-order valence-electron chi connectivity index (χ3n) is 10.9. The molecule has 4 nitrogen and oxygen atoms in total. The third-order valence-corrected chi connectivity index (χ3v) is 12.9. The van der Waals surface area contributed by atoms with Crippen LogP contribution in [0.1, 0.15) is 52.7 Å². The topological polar surface area (TPSA) is 43.9 Å². The Morgan fingerprint density at radius 1 is 0.661 bits per heavy atom. The van der Waals surface area contributed by atoms with Crippen molar-refractivity contribution in [1.29, 1.82) is 0 Å². The van der Waals surface area contributed by atoms with Gasteiger partial charge >= 0.3 is 0 Å². The van der Waals surface area contributed by atoms with Gasteiger partial charge in [0.05, 0.1) is 30.5 Å². The molecule has 0 aliphatic carbocycles. The number of imidazole rings is 1. The molecule has 0 spiro atoms. The van der Waals surface area contributed by atoms with Crippen molar-refractivity contribution in [2.45, 2.75) is 72.0 Å². The van der Waals surface area contributed by atoms with Crippen LogP contribution < -0.4 is 5.19 Å². The molecular formula is C53H51IrN3OSi-2. The van der Waals surface area contributed by atoms with E-state index in [1.54, 1.807) is 0 Å². The van der Waals surface area contributed by atoms with Gasteiger partial charge in [-0.2, -0.15) is 0 Å². The number of benzene rings is 6. The first-order valence-electron chi connectivity index (χ1n) is 20.2. The first-order valence-corrected chi connectivity index (χ1v) is 23.7. The van der Waals surface area contributed by atoms with E-state index in [1.165, 1.54) is 27.4 Å². The van der Waals surface area contributed by atoms with E-state index in [9.17, 15) is 0 Å². The zero-order chi connectivity index (χ0) is 40.8. The van der Waals surface area contributed by atoms with Crippen LogP contribution >= 0.6 is 0 Å². The van der Waals surface area contributed by atoms with Gasteiger partial charge in [0.2, 0.25) is 0 Å². The zero-order valence-electron chi connectivity index (χ0n) is 35.4. The molecule has 299 valence electrons. The van der Waals surface area contributed by atoms with Crippen LogP contribution in [0.15, 0.2) is 150 Å². The summed E-state index contributed by atoms with van der Waals surface area (Å²) in [4.78, 5) is 9.77. The van der Waals surface area contributed by atoms with E-state index in [-0.39, 0.29) is 30.9 Å². The molecule has 0 bridgehead atoms. The van der Waals surface area contributed by atoms with E-state index in [2.05, 4.69) is 192 Å².